The lowest BCUT2D eigenvalue weighted by atomic mass is 10.0. The van der Waals surface area contributed by atoms with E-state index in [4.69, 9.17) is 0 Å². The summed E-state index contributed by atoms with van der Waals surface area (Å²) in [6.07, 6.45) is -3.92. The number of rotatable bonds is 3. The third-order valence-corrected chi connectivity index (χ3v) is 3.48. The average molecular weight is 304 g/mol. The van der Waals surface area contributed by atoms with E-state index < -0.39 is 18.1 Å². The number of halogens is 4. The van der Waals surface area contributed by atoms with E-state index in [9.17, 15) is 22.4 Å². The molecule has 21 heavy (non-hydrogen) atoms. The van der Waals surface area contributed by atoms with Gasteiger partial charge in [-0.25, -0.2) is 4.39 Å². The lowest BCUT2D eigenvalue weighted by molar-refractivity contribution is -0.174. The molecule has 1 aromatic rings. The average Bonchev–Trinajstić information content (AvgIpc) is 2.40. The fourth-order valence-electron chi connectivity index (χ4n) is 2.40. The zero-order valence-corrected chi connectivity index (χ0v) is 11.3. The Kier molecular flexibility index (Phi) is 4.82. The van der Waals surface area contributed by atoms with Crippen molar-refractivity contribution in [3.05, 3.63) is 35.6 Å². The SMILES string of the molecule is O=C(NC1CCN(Cc2cccc(F)c2)CC1)C(F)(F)F. The minimum absolute atomic E-state index is 0.306. The van der Waals surface area contributed by atoms with Crippen LogP contribution in [0.5, 0.6) is 0 Å². The fourth-order valence-corrected chi connectivity index (χ4v) is 2.40. The second-order valence-corrected chi connectivity index (χ2v) is 5.15. The molecule has 1 fully saturated rings. The Morgan fingerprint density at radius 1 is 1.29 bits per heavy atom. The predicted octanol–water partition coefficient (Wildman–Crippen LogP) is 2.47. The molecule has 1 amide bonds. The Balaban J connectivity index is 1.80. The maximum atomic E-state index is 13.1. The highest BCUT2D eigenvalue weighted by Gasteiger charge is 2.40. The number of carbonyl (C=O) groups is 1. The molecule has 0 atom stereocenters. The van der Waals surface area contributed by atoms with Gasteiger partial charge in [-0.05, 0) is 30.5 Å². The number of likely N-dealkylation sites (tertiary alicyclic amines) is 1. The number of carbonyl (C=O) groups excluding carboxylic acids is 1. The molecular formula is C14H16F4N2O. The number of benzene rings is 1. The monoisotopic (exact) mass is 304 g/mol. The summed E-state index contributed by atoms with van der Waals surface area (Å²) in [5, 5.41) is 2.00. The molecule has 0 aliphatic carbocycles. The van der Waals surface area contributed by atoms with E-state index in [0.29, 0.717) is 32.5 Å². The number of amides is 1. The van der Waals surface area contributed by atoms with Crippen LogP contribution in [0.25, 0.3) is 0 Å². The third-order valence-electron chi connectivity index (χ3n) is 3.48. The second kappa shape index (κ2) is 6.43. The Morgan fingerprint density at radius 3 is 2.52 bits per heavy atom. The Morgan fingerprint density at radius 2 is 1.95 bits per heavy atom. The molecule has 7 heteroatoms. The summed E-state index contributed by atoms with van der Waals surface area (Å²) in [6, 6.07) is 5.78. The molecule has 0 unspecified atom stereocenters. The number of hydrogen-bond acceptors (Lipinski definition) is 2. The maximum Gasteiger partial charge on any atom is 0.471 e. The molecule has 1 N–H and O–H groups in total. The minimum Gasteiger partial charge on any atom is -0.345 e. The summed E-state index contributed by atoms with van der Waals surface area (Å²) in [6.45, 7) is 1.69. The zero-order chi connectivity index (χ0) is 15.5. The molecule has 1 aliphatic heterocycles. The third kappa shape index (κ3) is 4.70. The second-order valence-electron chi connectivity index (χ2n) is 5.15. The largest absolute Gasteiger partial charge is 0.471 e. The normalized spacial score (nSPS) is 17.7. The van der Waals surface area contributed by atoms with Crippen LogP contribution in [0.3, 0.4) is 0 Å². The number of nitrogens with zero attached hydrogens (tertiary/aromatic N) is 1. The van der Waals surface area contributed by atoms with Gasteiger partial charge in [-0.2, -0.15) is 13.2 Å². The van der Waals surface area contributed by atoms with Crippen LogP contribution >= 0.6 is 0 Å². The van der Waals surface area contributed by atoms with Crippen molar-refractivity contribution in [2.45, 2.75) is 31.6 Å². The first-order valence-electron chi connectivity index (χ1n) is 6.69. The van der Waals surface area contributed by atoms with E-state index in [1.54, 1.807) is 12.1 Å². The molecule has 0 radical (unpaired) electrons. The number of piperidine rings is 1. The zero-order valence-electron chi connectivity index (χ0n) is 11.3. The van der Waals surface area contributed by atoms with Crippen molar-refractivity contribution in [1.29, 1.82) is 0 Å². The molecule has 1 saturated heterocycles. The first kappa shape index (κ1) is 15.8. The Hall–Kier alpha value is -1.63. The molecule has 1 aromatic carbocycles. The van der Waals surface area contributed by atoms with Crippen LogP contribution in [0.2, 0.25) is 0 Å². The van der Waals surface area contributed by atoms with Crippen LogP contribution in [0.4, 0.5) is 17.6 Å². The van der Waals surface area contributed by atoms with Gasteiger partial charge in [0.25, 0.3) is 0 Å². The fraction of sp³-hybridized carbons (Fsp3) is 0.500. The van der Waals surface area contributed by atoms with Crippen molar-refractivity contribution in [3.63, 3.8) is 0 Å². The van der Waals surface area contributed by atoms with Gasteiger partial charge in [0.15, 0.2) is 0 Å². The summed E-state index contributed by atoms with van der Waals surface area (Å²) in [5.41, 5.74) is 0.827. The van der Waals surface area contributed by atoms with E-state index in [1.807, 2.05) is 10.2 Å². The summed E-state index contributed by atoms with van der Waals surface area (Å²) >= 11 is 0. The summed E-state index contributed by atoms with van der Waals surface area (Å²) in [7, 11) is 0. The number of hydrogen-bond donors (Lipinski definition) is 1. The van der Waals surface area contributed by atoms with Crippen molar-refractivity contribution in [3.8, 4) is 0 Å². The van der Waals surface area contributed by atoms with Crippen molar-refractivity contribution >= 4 is 5.91 Å². The van der Waals surface area contributed by atoms with Crippen molar-refractivity contribution < 1.29 is 22.4 Å². The van der Waals surface area contributed by atoms with E-state index in [2.05, 4.69) is 0 Å². The van der Waals surface area contributed by atoms with Crippen LogP contribution in [0.15, 0.2) is 24.3 Å². The summed E-state index contributed by atoms with van der Waals surface area (Å²) < 4.78 is 49.5. The van der Waals surface area contributed by atoms with Crippen LogP contribution < -0.4 is 5.32 Å². The van der Waals surface area contributed by atoms with Gasteiger partial charge in [-0.1, -0.05) is 12.1 Å². The smallest absolute Gasteiger partial charge is 0.345 e. The van der Waals surface area contributed by atoms with Crippen molar-refractivity contribution in [2.24, 2.45) is 0 Å². The summed E-state index contributed by atoms with van der Waals surface area (Å²) in [4.78, 5) is 12.9. The predicted molar refractivity (Wildman–Crippen MR) is 68.9 cm³/mol. The van der Waals surface area contributed by atoms with Crippen molar-refractivity contribution in [2.75, 3.05) is 13.1 Å². The first-order chi connectivity index (χ1) is 9.84. The molecule has 0 spiro atoms. The van der Waals surface area contributed by atoms with Crippen LogP contribution in [-0.4, -0.2) is 36.1 Å². The van der Waals surface area contributed by atoms with Gasteiger partial charge in [0.2, 0.25) is 0 Å². The standard InChI is InChI=1S/C14H16F4N2O/c15-11-3-1-2-10(8-11)9-20-6-4-12(5-7-20)19-13(21)14(16,17)18/h1-3,8,12H,4-7,9H2,(H,19,21). The molecule has 1 aliphatic rings. The molecular weight excluding hydrogens is 288 g/mol. The highest BCUT2D eigenvalue weighted by molar-refractivity contribution is 5.81. The van der Waals surface area contributed by atoms with Crippen LogP contribution in [-0.2, 0) is 11.3 Å². The van der Waals surface area contributed by atoms with Gasteiger partial charge in [0, 0.05) is 25.7 Å². The van der Waals surface area contributed by atoms with Crippen LogP contribution in [0.1, 0.15) is 18.4 Å². The molecule has 0 aromatic heterocycles. The lowest BCUT2D eigenvalue weighted by Crippen LogP contribution is -2.48. The van der Waals surface area contributed by atoms with Crippen molar-refractivity contribution in [1.82, 2.24) is 10.2 Å². The topological polar surface area (TPSA) is 32.3 Å². The van der Waals surface area contributed by atoms with E-state index in [0.717, 1.165) is 5.56 Å². The van der Waals surface area contributed by atoms with Gasteiger partial charge in [-0.3, -0.25) is 9.69 Å². The van der Waals surface area contributed by atoms with Crippen LogP contribution in [0, 0.1) is 5.82 Å². The van der Waals surface area contributed by atoms with Gasteiger partial charge < -0.3 is 5.32 Å². The van der Waals surface area contributed by atoms with Gasteiger partial charge in [-0.15, -0.1) is 0 Å². The van der Waals surface area contributed by atoms with Gasteiger partial charge in [0.05, 0.1) is 0 Å². The number of nitrogens with one attached hydrogen (secondary N) is 1. The maximum absolute atomic E-state index is 13.1. The highest BCUT2D eigenvalue weighted by atomic mass is 19.4. The highest BCUT2D eigenvalue weighted by Crippen LogP contribution is 2.18. The van der Waals surface area contributed by atoms with Gasteiger partial charge in [0.1, 0.15) is 5.82 Å². The molecule has 116 valence electrons. The van der Waals surface area contributed by atoms with E-state index in [-0.39, 0.29) is 5.82 Å². The molecule has 2 rings (SSSR count). The van der Waals surface area contributed by atoms with E-state index in [1.165, 1.54) is 12.1 Å². The lowest BCUT2D eigenvalue weighted by Gasteiger charge is -2.32. The molecule has 3 nitrogen and oxygen atoms in total. The Bertz CT molecular complexity index is 496. The quantitative estimate of drug-likeness (QED) is 0.870. The Labute approximate surface area is 119 Å². The molecule has 0 bridgehead atoms. The van der Waals surface area contributed by atoms with E-state index >= 15 is 0 Å². The first-order valence-corrected chi connectivity index (χ1v) is 6.69. The minimum atomic E-state index is -4.83. The molecule has 0 saturated carbocycles. The molecule has 1 heterocycles. The van der Waals surface area contributed by atoms with Gasteiger partial charge >= 0.3 is 12.1 Å². The summed E-state index contributed by atoms with van der Waals surface area (Å²) in [5.74, 6) is -2.19. The number of alkyl halides is 3.